The zero-order valence-corrected chi connectivity index (χ0v) is 14.6. The number of rotatable bonds is 2. The molecule has 0 bridgehead atoms. The first-order valence-corrected chi connectivity index (χ1v) is 8.59. The maximum Gasteiger partial charge on any atom is 0.274 e. The molecule has 8 heteroatoms. The van der Waals surface area contributed by atoms with Gasteiger partial charge in [-0.05, 0) is 31.9 Å². The highest BCUT2D eigenvalue weighted by molar-refractivity contribution is 5.92. The summed E-state index contributed by atoms with van der Waals surface area (Å²) in [6.45, 7) is 4.47. The minimum Gasteiger partial charge on any atom is -0.346 e. The van der Waals surface area contributed by atoms with Gasteiger partial charge in [-0.1, -0.05) is 0 Å². The predicted octanol–water partition coefficient (Wildman–Crippen LogP) is 1.21. The van der Waals surface area contributed by atoms with Crippen LogP contribution in [0.1, 0.15) is 42.2 Å². The summed E-state index contributed by atoms with van der Waals surface area (Å²) in [6.07, 6.45) is 5.94. The molecule has 1 aromatic rings. The number of carbonyl (C=O) groups excluding carboxylic acids is 1. The minimum atomic E-state index is -0.580. The molecule has 0 saturated carbocycles. The van der Waals surface area contributed by atoms with Gasteiger partial charge in [-0.2, -0.15) is 5.10 Å². The molecule has 1 amide bonds. The molecule has 3 aliphatic heterocycles. The number of hydrogen-bond acceptors (Lipinski definition) is 5. The van der Waals surface area contributed by atoms with E-state index in [1.165, 1.54) is 0 Å². The number of piperidine rings is 2. The van der Waals surface area contributed by atoms with Crippen LogP contribution >= 0.6 is 12.4 Å². The molecule has 3 saturated heterocycles. The van der Waals surface area contributed by atoms with Crippen LogP contribution in [0.2, 0.25) is 0 Å². The van der Waals surface area contributed by atoms with Crippen LogP contribution in [0.4, 0.5) is 0 Å². The maximum atomic E-state index is 12.8. The number of nitrogens with one attached hydrogen (secondary N) is 1. The molecule has 0 aromatic carbocycles. The van der Waals surface area contributed by atoms with Crippen molar-refractivity contribution in [2.75, 3.05) is 39.4 Å². The summed E-state index contributed by atoms with van der Waals surface area (Å²) >= 11 is 0. The van der Waals surface area contributed by atoms with E-state index < -0.39 is 5.79 Å². The van der Waals surface area contributed by atoms with E-state index in [2.05, 4.69) is 10.4 Å². The van der Waals surface area contributed by atoms with Crippen molar-refractivity contribution in [1.29, 1.82) is 0 Å². The molecule has 0 radical (unpaired) electrons. The van der Waals surface area contributed by atoms with E-state index in [4.69, 9.17) is 9.47 Å². The fourth-order valence-corrected chi connectivity index (χ4v) is 3.77. The van der Waals surface area contributed by atoms with E-state index in [1.54, 1.807) is 0 Å². The first kappa shape index (κ1) is 17.7. The summed E-state index contributed by atoms with van der Waals surface area (Å²) in [7, 11) is 0. The van der Waals surface area contributed by atoms with Crippen molar-refractivity contribution in [2.45, 2.75) is 37.5 Å². The van der Waals surface area contributed by atoms with Gasteiger partial charge in [0.25, 0.3) is 5.91 Å². The smallest absolute Gasteiger partial charge is 0.274 e. The molecular formula is C16H25ClN4O3. The average Bonchev–Trinajstić information content (AvgIpc) is 3.25. The Labute approximate surface area is 148 Å². The minimum absolute atomic E-state index is 0. The largest absolute Gasteiger partial charge is 0.346 e. The van der Waals surface area contributed by atoms with Crippen LogP contribution in [0.3, 0.4) is 0 Å². The number of ether oxygens (including phenoxy) is 2. The molecule has 24 heavy (non-hydrogen) atoms. The maximum absolute atomic E-state index is 12.8. The number of likely N-dealkylation sites (tertiary alicyclic amines) is 1. The van der Waals surface area contributed by atoms with Crippen molar-refractivity contribution in [3.8, 4) is 0 Å². The second-order valence-electron chi connectivity index (χ2n) is 6.62. The van der Waals surface area contributed by atoms with Gasteiger partial charge in [0, 0.05) is 25.7 Å². The van der Waals surface area contributed by atoms with E-state index in [0.717, 1.165) is 45.3 Å². The molecule has 1 unspecified atom stereocenters. The molecular weight excluding hydrogens is 332 g/mol. The Morgan fingerprint density at radius 2 is 2.17 bits per heavy atom. The van der Waals surface area contributed by atoms with Gasteiger partial charge in [-0.15, -0.1) is 12.4 Å². The lowest BCUT2D eigenvalue weighted by atomic mass is 10.0. The van der Waals surface area contributed by atoms with Crippen LogP contribution in [-0.2, 0) is 9.47 Å². The fraction of sp³-hybridized carbons (Fsp3) is 0.750. The van der Waals surface area contributed by atoms with Crippen LogP contribution in [0.5, 0.6) is 0 Å². The highest BCUT2D eigenvalue weighted by atomic mass is 35.5. The number of nitrogens with zero attached hydrogens (tertiary/aromatic N) is 3. The van der Waals surface area contributed by atoms with Gasteiger partial charge in [0.05, 0.1) is 25.8 Å². The van der Waals surface area contributed by atoms with E-state index in [0.29, 0.717) is 31.5 Å². The lowest BCUT2D eigenvalue weighted by Crippen LogP contribution is -2.51. The molecule has 4 heterocycles. The van der Waals surface area contributed by atoms with Crippen LogP contribution in [-0.4, -0.2) is 65.8 Å². The van der Waals surface area contributed by atoms with E-state index in [1.807, 2.05) is 21.8 Å². The normalized spacial score (nSPS) is 26.3. The van der Waals surface area contributed by atoms with Gasteiger partial charge in [0.1, 0.15) is 5.69 Å². The van der Waals surface area contributed by atoms with Gasteiger partial charge in [-0.25, -0.2) is 0 Å². The van der Waals surface area contributed by atoms with Gasteiger partial charge in [-0.3, -0.25) is 9.48 Å². The molecule has 3 fully saturated rings. The Morgan fingerprint density at radius 3 is 2.92 bits per heavy atom. The van der Waals surface area contributed by atoms with Crippen molar-refractivity contribution in [2.24, 2.45) is 0 Å². The molecule has 7 nitrogen and oxygen atoms in total. The zero-order valence-electron chi connectivity index (χ0n) is 13.8. The quantitative estimate of drug-likeness (QED) is 0.862. The average molecular weight is 357 g/mol. The highest BCUT2D eigenvalue weighted by Crippen LogP contribution is 2.30. The van der Waals surface area contributed by atoms with Crippen molar-refractivity contribution in [1.82, 2.24) is 20.0 Å². The third kappa shape index (κ3) is 3.44. The van der Waals surface area contributed by atoms with Crippen molar-refractivity contribution >= 4 is 18.3 Å². The van der Waals surface area contributed by atoms with Gasteiger partial charge < -0.3 is 19.7 Å². The van der Waals surface area contributed by atoms with Gasteiger partial charge in [0.15, 0.2) is 5.79 Å². The molecule has 3 aliphatic rings. The summed E-state index contributed by atoms with van der Waals surface area (Å²) in [4.78, 5) is 14.6. The predicted molar refractivity (Wildman–Crippen MR) is 90.4 cm³/mol. The summed E-state index contributed by atoms with van der Waals surface area (Å²) in [6, 6.07) is 2.17. The van der Waals surface area contributed by atoms with Crippen LogP contribution in [0.15, 0.2) is 12.3 Å². The number of amides is 1. The Bertz CT molecular complexity index is 567. The first-order chi connectivity index (χ1) is 11.3. The Morgan fingerprint density at radius 1 is 1.33 bits per heavy atom. The van der Waals surface area contributed by atoms with E-state index in [9.17, 15) is 4.79 Å². The molecule has 0 aliphatic carbocycles. The Hall–Kier alpha value is -1.15. The Balaban J connectivity index is 0.00000169. The number of aromatic nitrogens is 2. The van der Waals surface area contributed by atoms with E-state index >= 15 is 0 Å². The molecule has 1 N–H and O–H groups in total. The van der Waals surface area contributed by atoms with Crippen LogP contribution in [0, 0.1) is 0 Å². The molecule has 1 atom stereocenters. The Kier molecular flexibility index (Phi) is 5.44. The summed E-state index contributed by atoms with van der Waals surface area (Å²) < 4.78 is 13.4. The molecule has 1 aromatic heterocycles. The zero-order chi connectivity index (χ0) is 15.7. The third-order valence-corrected chi connectivity index (χ3v) is 4.99. The number of carbonyl (C=O) groups is 1. The summed E-state index contributed by atoms with van der Waals surface area (Å²) in [5, 5.41) is 7.91. The summed E-state index contributed by atoms with van der Waals surface area (Å²) in [5.74, 6) is -0.602. The molecule has 134 valence electrons. The SMILES string of the molecule is Cl.O=C(c1ccn(C2CCCNC2)n1)N1CCCC2(C1)OCCO2. The summed E-state index contributed by atoms with van der Waals surface area (Å²) in [5.41, 5.74) is 0.519. The fourth-order valence-electron chi connectivity index (χ4n) is 3.77. The lowest BCUT2D eigenvalue weighted by Gasteiger charge is -2.38. The van der Waals surface area contributed by atoms with Crippen molar-refractivity contribution < 1.29 is 14.3 Å². The topological polar surface area (TPSA) is 68.6 Å². The standard InChI is InChI=1S/C16H24N4O3.ClH/c21-15(19-7-2-5-16(12-19)22-9-10-23-16)14-4-8-20(18-14)13-3-1-6-17-11-13;/h4,8,13,17H,1-3,5-7,9-12H2;1H. The molecule has 4 rings (SSSR count). The van der Waals surface area contributed by atoms with Gasteiger partial charge >= 0.3 is 0 Å². The molecule has 1 spiro atoms. The van der Waals surface area contributed by atoms with Crippen LogP contribution < -0.4 is 5.32 Å². The van der Waals surface area contributed by atoms with Crippen LogP contribution in [0.25, 0.3) is 0 Å². The van der Waals surface area contributed by atoms with Gasteiger partial charge in [0.2, 0.25) is 0 Å². The third-order valence-electron chi connectivity index (χ3n) is 4.99. The monoisotopic (exact) mass is 356 g/mol. The number of hydrogen-bond donors (Lipinski definition) is 1. The van der Waals surface area contributed by atoms with E-state index in [-0.39, 0.29) is 18.3 Å². The van der Waals surface area contributed by atoms with Crippen molar-refractivity contribution in [3.05, 3.63) is 18.0 Å². The first-order valence-electron chi connectivity index (χ1n) is 8.59. The van der Waals surface area contributed by atoms with Crippen molar-refractivity contribution in [3.63, 3.8) is 0 Å². The second-order valence-corrected chi connectivity index (χ2v) is 6.62. The highest BCUT2D eigenvalue weighted by Gasteiger charge is 2.42. The number of halogens is 1. The second kappa shape index (κ2) is 7.39. The lowest BCUT2D eigenvalue weighted by molar-refractivity contribution is -0.183.